The molecular formula is C16H28. The summed E-state index contributed by atoms with van der Waals surface area (Å²) in [7, 11) is 0. The fourth-order valence-electron chi connectivity index (χ4n) is 2.16. The Bertz CT molecular complexity index is 219. The van der Waals surface area contributed by atoms with Crippen LogP contribution in [-0.4, -0.2) is 0 Å². The van der Waals surface area contributed by atoms with Gasteiger partial charge >= 0.3 is 0 Å². The van der Waals surface area contributed by atoms with E-state index in [4.69, 9.17) is 0 Å². The molecule has 1 aliphatic carbocycles. The molecule has 16 heavy (non-hydrogen) atoms. The van der Waals surface area contributed by atoms with Crippen molar-refractivity contribution in [2.24, 2.45) is 0 Å². The first-order valence-corrected chi connectivity index (χ1v) is 7.02. The summed E-state index contributed by atoms with van der Waals surface area (Å²) in [6, 6.07) is 11.0. The van der Waals surface area contributed by atoms with Crippen LogP contribution in [0.4, 0.5) is 0 Å². The van der Waals surface area contributed by atoms with Gasteiger partial charge in [0, 0.05) is 0 Å². The van der Waals surface area contributed by atoms with E-state index >= 15 is 0 Å². The molecule has 0 heteroatoms. The summed E-state index contributed by atoms with van der Waals surface area (Å²) in [4.78, 5) is 0. The molecule has 0 radical (unpaired) electrons. The smallest absolute Gasteiger partial charge is 0.0162 e. The molecule has 0 aliphatic heterocycles. The van der Waals surface area contributed by atoms with Gasteiger partial charge in [-0.15, -0.1) is 0 Å². The third-order valence-electron chi connectivity index (χ3n) is 2.88. The summed E-state index contributed by atoms with van der Waals surface area (Å²) in [5, 5.41) is 0. The normalized spacial score (nSPS) is 15.2. The Morgan fingerprint density at radius 1 is 0.750 bits per heavy atom. The Labute approximate surface area is 102 Å². The first-order chi connectivity index (χ1) is 7.97. The molecule has 1 aromatic carbocycles. The Morgan fingerprint density at radius 3 is 1.75 bits per heavy atom. The lowest BCUT2D eigenvalue weighted by molar-refractivity contribution is 0.443. The van der Waals surface area contributed by atoms with E-state index in [1.54, 1.807) is 5.56 Å². The van der Waals surface area contributed by atoms with Gasteiger partial charge < -0.3 is 0 Å². The molecule has 0 heterocycles. The van der Waals surface area contributed by atoms with Crippen LogP contribution in [-0.2, 0) is 0 Å². The molecule has 92 valence electrons. The van der Waals surface area contributed by atoms with E-state index < -0.39 is 0 Å². The monoisotopic (exact) mass is 220 g/mol. The van der Waals surface area contributed by atoms with Crippen molar-refractivity contribution < 1.29 is 0 Å². The van der Waals surface area contributed by atoms with Gasteiger partial charge in [-0.1, -0.05) is 77.3 Å². The molecule has 1 aliphatic rings. The van der Waals surface area contributed by atoms with Crippen LogP contribution in [0.2, 0.25) is 0 Å². The summed E-state index contributed by atoms with van der Waals surface area (Å²) in [5.74, 6) is 0.861. The molecule has 0 amide bonds. The first-order valence-electron chi connectivity index (χ1n) is 7.02. The highest BCUT2D eigenvalue weighted by Crippen LogP contribution is 2.31. The Balaban J connectivity index is 0.000000509. The lowest BCUT2D eigenvalue weighted by Crippen LogP contribution is -2.03. The van der Waals surface area contributed by atoms with E-state index in [-0.39, 0.29) is 0 Å². The van der Waals surface area contributed by atoms with Crippen LogP contribution < -0.4 is 0 Å². The van der Waals surface area contributed by atoms with Crippen LogP contribution in [0.25, 0.3) is 0 Å². The van der Waals surface area contributed by atoms with Crippen molar-refractivity contribution in [1.29, 1.82) is 0 Å². The minimum absolute atomic E-state index is 0.861. The van der Waals surface area contributed by atoms with Gasteiger partial charge in [-0.3, -0.25) is 0 Å². The lowest BCUT2D eigenvalue weighted by Gasteiger charge is -2.21. The molecule has 0 aromatic heterocycles. The zero-order valence-corrected chi connectivity index (χ0v) is 11.5. The van der Waals surface area contributed by atoms with Gasteiger partial charge in [0.25, 0.3) is 0 Å². The average Bonchev–Trinajstić information content (AvgIpc) is 2.45. The van der Waals surface area contributed by atoms with Crippen molar-refractivity contribution >= 4 is 0 Å². The van der Waals surface area contributed by atoms with Crippen LogP contribution in [0, 0.1) is 0 Å². The molecular weight excluding hydrogens is 192 g/mol. The maximum absolute atomic E-state index is 2.27. The van der Waals surface area contributed by atoms with Crippen LogP contribution in [0.15, 0.2) is 30.3 Å². The van der Waals surface area contributed by atoms with Crippen LogP contribution in [0.1, 0.15) is 71.3 Å². The minimum Gasteiger partial charge on any atom is -0.0683 e. The summed E-state index contributed by atoms with van der Waals surface area (Å²) < 4.78 is 0. The van der Waals surface area contributed by atoms with E-state index in [2.05, 4.69) is 30.3 Å². The zero-order chi connectivity index (χ0) is 12.2. The van der Waals surface area contributed by atoms with E-state index in [9.17, 15) is 0 Å². The Kier molecular flexibility index (Phi) is 10.2. The van der Waals surface area contributed by atoms with Crippen molar-refractivity contribution in [2.45, 2.75) is 65.7 Å². The van der Waals surface area contributed by atoms with Crippen molar-refractivity contribution in [3.05, 3.63) is 35.9 Å². The maximum atomic E-state index is 2.27. The fourth-order valence-corrected chi connectivity index (χ4v) is 2.16. The standard InChI is InChI=1S/C12H16.2C2H6/c1-3-7-11(8-4-1)12-9-5-2-6-10-12;2*1-2/h1,3-4,7-8,12H,2,5-6,9-10H2;2*1-2H3. The zero-order valence-electron chi connectivity index (χ0n) is 11.5. The highest BCUT2D eigenvalue weighted by atomic mass is 14.2. The molecule has 1 saturated carbocycles. The highest BCUT2D eigenvalue weighted by Gasteiger charge is 2.14. The summed E-state index contributed by atoms with van der Waals surface area (Å²) in [6.45, 7) is 8.00. The summed E-state index contributed by atoms with van der Waals surface area (Å²) in [6.07, 6.45) is 7.12. The molecule has 2 rings (SSSR count). The summed E-state index contributed by atoms with van der Waals surface area (Å²) in [5.41, 5.74) is 1.55. The third kappa shape index (κ3) is 5.34. The molecule has 0 saturated heterocycles. The third-order valence-corrected chi connectivity index (χ3v) is 2.88. The van der Waals surface area contributed by atoms with E-state index in [0.717, 1.165) is 5.92 Å². The maximum Gasteiger partial charge on any atom is -0.0162 e. The van der Waals surface area contributed by atoms with E-state index in [1.807, 2.05) is 27.7 Å². The number of benzene rings is 1. The predicted octanol–water partition coefficient (Wildman–Crippen LogP) is 5.79. The van der Waals surface area contributed by atoms with Gasteiger partial charge in [-0.2, -0.15) is 0 Å². The lowest BCUT2D eigenvalue weighted by atomic mass is 9.84. The van der Waals surface area contributed by atoms with Gasteiger partial charge in [-0.25, -0.2) is 0 Å². The van der Waals surface area contributed by atoms with E-state index in [0.29, 0.717) is 0 Å². The van der Waals surface area contributed by atoms with Gasteiger partial charge in [0.15, 0.2) is 0 Å². The Hall–Kier alpha value is -0.780. The number of hydrogen-bond acceptors (Lipinski definition) is 0. The first kappa shape index (κ1) is 15.2. The van der Waals surface area contributed by atoms with Crippen molar-refractivity contribution in [3.8, 4) is 0 Å². The van der Waals surface area contributed by atoms with Gasteiger partial charge in [0.05, 0.1) is 0 Å². The molecule has 0 atom stereocenters. The second kappa shape index (κ2) is 10.7. The van der Waals surface area contributed by atoms with Gasteiger partial charge in [0.2, 0.25) is 0 Å². The van der Waals surface area contributed by atoms with Crippen molar-refractivity contribution in [2.75, 3.05) is 0 Å². The predicted molar refractivity (Wildman–Crippen MR) is 75.0 cm³/mol. The second-order valence-electron chi connectivity index (χ2n) is 3.75. The number of rotatable bonds is 1. The van der Waals surface area contributed by atoms with Crippen LogP contribution in [0.3, 0.4) is 0 Å². The van der Waals surface area contributed by atoms with E-state index in [1.165, 1.54) is 32.1 Å². The number of hydrogen-bond donors (Lipinski definition) is 0. The fraction of sp³-hybridized carbons (Fsp3) is 0.625. The van der Waals surface area contributed by atoms with Crippen molar-refractivity contribution in [1.82, 2.24) is 0 Å². The van der Waals surface area contributed by atoms with Gasteiger partial charge in [-0.05, 0) is 24.3 Å². The molecule has 1 aromatic rings. The second-order valence-corrected chi connectivity index (χ2v) is 3.75. The molecule has 0 bridgehead atoms. The summed E-state index contributed by atoms with van der Waals surface area (Å²) >= 11 is 0. The molecule has 0 N–H and O–H groups in total. The molecule has 0 unspecified atom stereocenters. The Morgan fingerprint density at radius 2 is 1.25 bits per heavy atom. The molecule has 0 spiro atoms. The largest absolute Gasteiger partial charge is 0.0683 e. The van der Waals surface area contributed by atoms with Crippen molar-refractivity contribution in [3.63, 3.8) is 0 Å². The van der Waals surface area contributed by atoms with Crippen LogP contribution in [0.5, 0.6) is 0 Å². The SMILES string of the molecule is CC.CC.c1ccc(C2CCCCC2)cc1. The molecule has 1 fully saturated rings. The van der Waals surface area contributed by atoms with Crippen LogP contribution >= 0.6 is 0 Å². The molecule has 0 nitrogen and oxygen atoms in total. The van der Waals surface area contributed by atoms with Gasteiger partial charge in [0.1, 0.15) is 0 Å². The average molecular weight is 220 g/mol. The quantitative estimate of drug-likeness (QED) is 0.562. The highest BCUT2D eigenvalue weighted by molar-refractivity contribution is 5.19. The topological polar surface area (TPSA) is 0 Å². The minimum atomic E-state index is 0.861.